The summed E-state index contributed by atoms with van der Waals surface area (Å²) in [6.07, 6.45) is 1.22. The zero-order valence-corrected chi connectivity index (χ0v) is 13.6. The summed E-state index contributed by atoms with van der Waals surface area (Å²) in [6, 6.07) is 4.57. The molecule has 1 aliphatic heterocycles. The molecule has 0 saturated carbocycles. The fourth-order valence-corrected chi connectivity index (χ4v) is 2.68. The van der Waals surface area contributed by atoms with Crippen molar-refractivity contribution >= 4 is 29.6 Å². The second-order valence-corrected chi connectivity index (χ2v) is 5.79. The van der Waals surface area contributed by atoms with Gasteiger partial charge in [0.1, 0.15) is 6.10 Å². The molecule has 1 saturated heterocycles. The van der Waals surface area contributed by atoms with Crippen LogP contribution >= 0.6 is 0 Å². The summed E-state index contributed by atoms with van der Waals surface area (Å²) in [4.78, 5) is 47.3. The summed E-state index contributed by atoms with van der Waals surface area (Å²) in [7, 11) is 0. The van der Waals surface area contributed by atoms with Gasteiger partial charge in [-0.25, -0.2) is 9.59 Å². The lowest BCUT2D eigenvalue weighted by molar-refractivity contribution is -0.152. The second-order valence-electron chi connectivity index (χ2n) is 5.79. The zero-order chi connectivity index (χ0) is 18.6. The molecule has 0 spiro atoms. The number of rotatable bonds is 5. The van der Waals surface area contributed by atoms with Crippen LogP contribution in [0.2, 0.25) is 0 Å². The summed E-state index contributed by atoms with van der Waals surface area (Å²) in [6.45, 7) is 5.21. The first-order valence-corrected chi connectivity index (χ1v) is 7.56. The van der Waals surface area contributed by atoms with Crippen molar-refractivity contribution in [1.29, 1.82) is 0 Å². The van der Waals surface area contributed by atoms with Crippen molar-refractivity contribution in [2.45, 2.75) is 25.9 Å². The minimum Gasteiger partial charge on any atom is -0.478 e. The van der Waals surface area contributed by atoms with Crippen LogP contribution in [0.25, 0.3) is 0 Å². The molecule has 0 radical (unpaired) electrons. The number of carbonyl (C=O) groups excluding carboxylic acids is 3. The quantitative estimate of drug-likeness (QED) is 0.425. The normalized spacial score (nSPS) is 22.0. The van der Waals surface area contributed by atoms with Crippen molar-refractivity contribution in [1.82, 2.24) is 5.32 Å². The van der Waals surface area contributed by atoms with Crippen LogP contribution in [0.1, 0.15) is 30.1 Å². The molecule has 1 aromatic carbocycles. The maximum absolute atomic E-state index is 12.5. The van der Waals surface area contributed by atoms with Crippen LogP contribution in [0, 0.1) is 5.41 Å². The van der Waals surface area contributed by atoms with Crippen LogP contribution < -0.4 is 10.6 Å². The molecule has 1 aliphatic rings. The second kappa shape index (κ2) is 7.16. The van der Waals surface area contributed by atoms with Crippen LogP contribution in [-0.2, 0) is 14.3 Å². The number of nitrogens with one attached hydrogen (secondary N) is 2. The number of carboxylic acids is 1. The Balaban J connectivity index is 2.05. The van der Waals surface area contributed by atoms with E-state index in [9.17, 15) is 19.2 Å². The number of esters is 1. The van der Waals surface area contributed by atoms with Gasteiger partial charge in [0.2, 0.25) is 5.91 Å². The Morgan fingerprint density at radius 3 is 2.48 bits per heavy atom. The average Bonchev–Trinajstić information content (AvgIpc) is 2.83. The molecule has 1 heterocycles. The highest BCUT2D eigenvalue weighted by Gasteiger charge is 2.53. The van der Waals surface area contributed by atoms with E-state index in [1.54, 1.807) is 6.92 Å². The molecule has 0 aromatic heterocycles. The van der Waals surface area contributed by atoms with Crippen molar-refractivity contribution in [2.24, 2.45) is 5.41 Å². The number of allylic oxidation sites excluding steroid dienone is 1. The minimum atomic E-state index is -1.47. The minimum absolute atomic E-state index is 0.0581. The third-order valence-corrected chi connectivity index (χ3v) is 3.88. The Morgan fingerprint density at radius 1 is 1.36 bits per heavy atom. The predicted molar refractivity (Wildman–Crippen MR) is 88.0 cm³/mol. The lowest BCUT2D eigenvalue weighted by atomic mass is 9.80. The van der Waals surface area contributed by atoms with Gasteiger partial charge in [-0.05, 0) is 37.6 Å². The van der Waals surface area contributed by atoms with E-state index in [0.717, 1.165) is 0 Å². The molecule has 2 atom stereocenters. The summed E-state index contributed by atoms with van der Waals surface area (Å²) < 4.78 is 5.05. The molecule has 25 heavy (non-hydrogen) atoms. The van der Waals surface area contributed by atoms with Crippen LogP contribution in [0.5, 0.6) is 0 Å². The van der Waals surface area contributed by atoms with Gasteiger partial charge >= 0.3 is 18.0 Å². The molecule has 0 bridgehead atoms. The number of aromatic carboxylic acids is 1. The fraction of sp³-hybridized carbons (Fsp3) is 0.294. The van der Waals surface area contributed by atoms with Gasteiger partial charge in [0.05, 0.1) is 5.56 Å². The van der Waals surface area contributed by atoms with Gasteiger partial charge in [0.15, 0.2) is 5.41 Å². The molecule has 3 amide bonds. The maximum atomic E-state index is 12.5. The standard InChI is InChI=1S/C17H18N2O6/c1-3-8-17(9-10(2)25-15(17)23)14(22)19-16(24)18-12-6-4-11(5-7-12)13(20)21/h3-7,10H,1,8-9H2,2H3,(H,20,21)(H2,18,19,22,24). The Hall–Kier alpha value is -3.16. The molecular weight excluding hydrogens is 328 g/mol. The van der Waals surface area contributed by atoms with Crippen LogP contribution in [-0.4, -0.2) is 35.1 Å². The Labute approximate surface area is 143 Å². The highest BCUT2D eigenvalue weighted by molar-refractivity contribution is 6.11. The topological polar surface area (TPSA) is 122 Å². The molecule has 1 aromatic rings. The van der Waals surface area contributed by atoms with E-state index in [1.807, 2.05) is 0 Å². The molecule has 132 valence electrons. The first kappa shape index (κ1) is 18.2. The number of carboxylic acid groups (broad SMARTS) is 1. The predicted octanol–water partition coefficient (Wildman–Crippen LogP) is 1.93. The summed E-state index contributed by atoms with van der Waals surface area (Å²) in [5.41, 5.74) is -1.10. The van der Waals surface area contributed by atoms with Crippen LogP contribution in [0.3, 0.4) is 0 Å². The number of hydrogen-bond acceptors (Lipinski definition) is 5. The molecule has 8 nitrogen and oxygen atoms in total. The molecule has 8 heteroatoms. The molecule has 3 N–H and O–H groups in total. The molecule has 1 fully saturated rings. The molecule has 2 unspecified atom stereocenters. The van der Waals surface area contributed by atoms with Crippen molar-refractivity contribution in [3.8, 4) is 0 Å². The number of benzene rings is 1. The van der Waals surface area contributed by atoms with Crippen molar-refractivity contribution in [3.05, 3.63) is 42.5 Å². The lowest BCUT2D eigenvalue weighted by Crippen LogP contribution is -2.47. The van der Waals surface area contributed by atoms with E-state index < -0.39 is 35.4 Å². The Kier molecular flexibility index (Phi) is 5.21. The van der Waals surface area contributed by atoms with Gasteiger partial charge < -0.3 is 15.2 Å². The molecular formula is C17H18N2O6. The third-order valence-electron chi connectivity index (χ3n) is 3.88. The third kappa shape index (κ3) is 3.85. The Bertz CT molecular complexity index is 727. The van der Waals surface area contributed by atoms with Crippen molar-refractivity contribution in [3.63, 3.8) is 0 Å². The summed E-state index contributed by atoms with van der Waals surface area (Å²) in [5.74, 6) is -2.54. The highest BCUT2D eigenvalue weighted by atomic mass is 16.6. The highest BCUT2D eigenvalue weighted by Crippen LogP contribution is 2.38. The van der Waals surface area contributed by atoms with Crippen molar-refractivity contribution < 1.29 is 29.0 Å². The monoisotopic (exact) mass is 346 g/mol. The van der Waals surface area contributed by atoms with E-state index in [1.165, 1.54) is 30.3 Å². The first-order valence-electron chi connectivity index (χ1n) is 7.56. The largest absolute Gasteiger partial charge is 0.478 e. The van der Waals surface area contributed by atoms with Gasteiger partial charge in [-0.2, -0.15) is 0 Å². The van der Waals surface area contributed by atoms with Crippen molar-refractivity contribution in [2.75, 3.05) is 5.32 Å². The van der Waals surface area contributed by atoms with Crippen LogP contribution in [0.15, 0.2) is 36.9 Å². The smallest absolute Gasteiger partial charge is 0.335 e. The van der Waals surface area contributed by atoms with E-state index in [-0.39, 0.29) is 18.4 Å². The van der Waals surface area contributed by atoms with Gasteiger partial charge in [0.25, 0.3) is 0 Å². The number of ether oxygens (including phenoxy) is 1. The molecule has 0 aliphatic carbocycles. The van der Waals surface area contributed by atoms with E-state index in [2.05, 4.69) is 17.2 Å². The molecule has 2 rings (SSSR count). The number of anilines is 1. The lowest BCUT2D eigenvalue weighted by Gasteiger charge is -2.21. The summed E-state index contributed by atoms with van der Waals surface area (Å²) in [5, 5.41) is 13.4. The zero-order valence-electron chi connectivity index (χ0n) is 13.6. The van der Waals surface area contributed by atoms with Gasteiger partial charge in [-0.15, -0.1) is 6.58 Å². The Morgan fingerprint density at radius 2 is 2.00 bits per heavy atom. The number of carbonyl (C=O) groups is 4. The number of cyclic esters (lactones) is 1. The first-order chi connectivity index (χ1) is 11.8. The fourth-order valence-electron chi connectivity index (χ4n) is 2.68. The SMILES string of the molecule is C=CCC1(C(=O)NC(=O)Nc2ccc(C(=O)O)cc2)CC(C)OC1=O. The number of urea groups is 1. The number of imide groups is 1. The van der Waals surface area contributed by atoms with Gasteiger partial charge in [-0.1, -0.05) is 6.08 Å². The average molecular weight is 346 g/mol. The van der Waals surface area contributed by atoms with Gasteiger partial charge in [-0.3, -0.25) is 14.9 Å². The van der Waals surface area contributed by atoms with Gasteiger partial charge in [0, 0.05) is 12.1 Å². The maximum Gasteiger partial charge on any atom is 0.335 e. The van der Waals surface area contributed by atoms with E-state index in [0.29, 0.717) is 5.69 Å². The summed E-state index contributed by atoms with van der Waals surface area (Å²) >= 11 is 0. The van der Waals surface area contributed by atoms with Crippen LogP contribution in [0.4, 0.5) is 10.5 Å². The number of hydrogen-bond donors (Lipinski definition) is 3. The van der Waals surface area contributed by atoms with E-state index >= 15 is 0 Å². The van der Waals surface area contributed by atoms with E-state index in [4.69, 9.17) is 9.84 Å². The number of amides is 3.